The van der Waals surface area contributed by atoms with E-state index >= 15 is 0 Å². The Balaban J connectivity index is 4.43. The van der Waals surface area contributed by atoms with Gasteiger partial charge in [0.1, 0.15) is 5.54 Å². The maximum Gasteiger partial charge on any atom is 0.328 e. The number of aliphatic carboxylic acids is 1. The molecule has 0 rings (SSSR count). The van der Waals surface area contributed by atoms with Crippen LogP contribution in [0.15, 0.2) is 0 Å². The van der Waals surface area contributed by atoms with Gasteiger partial charge in [0, 0.05) is 13.1 Å². The van der Waals surface area contributed by atoms with Gasteiger partial charge in [-0.25, -0.2) is 9.59 Å². The molecule has 0 aromatic rings. The van der Waals surface area contributed by atoms with Gasteiger partial charge in [0.25, 0.3) is 0 Å². The maximum absolute atomic E-state index is 11.6. The Morgan fingerprint density at radius 3 is 2.27 bits per heavy atom. The molecule has 1 atom stereocenters. The van der Waals surface area contributed by atoms with E-state index < -0.39 is 11.5 Å². The van der Waals surface area contributed by atoms with Crippen molar-refractivity contribution in [3.63, 3.8) is 0 Å². The normalized spacial score (nSPS) is 13.1. The zero-order valence-corrected chi connectivity index (χ0v) is 10.00. The highest BCUT2D eigenvalue weighted by atomic mass is 16.4. The topological polar surface area (TPSA) is 69.6 Å². The van der Waals surface area contributed by atoms with Gasteiger partial charge in [0.15, 0.2) is 0 Å². The highest BCUT2D eigenvalue weighted by Crippen LogP contribution is 2.06. The molecule has 0 saturated heterocycles. The van der Waals surface area contributed by atoms with E-state index in [-0.39, 0.29) is 12.1 Å². The summed E-state index contributed by atoms with van der Waals surface area (Å²) in [5, 5.41) is 11.3. The molecule has 0 fully saturated rings. The Morgan fingerprint density at radius 1 is 1.47 bits per heavy atom. The first-order chi connectivity index (χ1) is 6.72. The molecule has 0 aromatic heterocycles. The van der Waals surface area contributed by atoms with Crippen LogP contribution in [0.3, 0.4) is 0 Å². The number of carbonyl (C=O) groups is 2. The predicted molar refractivity (Wildman–Crippen MR) is 57.8 cm³/mol. The van der Waals surface area contributed by atoms with Gasteiger partial charge in [-0.3, -0.25) is 0 Å². The van der Waals surface area contributed by atoms with Crippen LogP contribution in [0.5, 0.6) is 0 Å². The van der Waals surface area contributed by atoms with Crippen molar-refractivity contribution in [2.75, 3.05) is 7.05 Å². The van der Waals surface area contributed by atoms with E-state index in [0.29, 0.717) is 0 Å². The van der Waals surface area contributed by atoms with Crippen molar-refractivity contribution < 1.29 is 14.7 Å². The number of carbonyl (C=O) groups excluding carboxylic acids is 1. The average molecular weight is 216 g/mol. The summed E-state index contributed by atoms with van der Waals surface area (Å²) in [5.41, 5.74) is -1.24. The summed E-state index contributed by atoms with van der Waals surface area (Å²) in [4.78, 5) is 23.9. The smallest absolute Gasteiger partial charge is 0.328 e. The maximum atomic E-state index is 11.6. The van der Waals surface area contributed by atoms with Crippen molar-refractivity contribution in [3.8, 4) is 0 Å². The number of amides is 2. The molecule has 0 saturated carbocycles. The number of hydrogen-bond donors (Lipinski definition) is 2. The average Bonchev–Trinajstić information content (AvgIpc) is 2.14. The van der Waals surface area contributed by atoms with Crippen LogP contribution in [0, 0.1) is 0 Å². The quantitative estimate of drug-likeness (QED) is 0.744. The van der Waals surface area contributed by atoms with E-state index in [9.17, 15) is 9.59 Å². The first kappa shape index (κ1) is 13.7. The second-order valence-corrected chi connectivity index (χ2v) is 4.23. The molecule has 2 amide bonds. The van der Waals surface area contributed by atoms with E-state index in [2.05, 4.69) is 5.32 Å². The van der Waals surface area contributed by atoms with Crippen molar-refractivity contribution in [1.29, 1.82) is 0 Å². The summed E-state index contributed by atoms with van der Waals surface area (Å²) in [5.74, 6) is -1.05. The van der Waals surface area contributed by atoms with Crippen LogP contribution >= 0.6 is 0 Å². The highest BCUT2D eigenvalue weighted by molar-refractivity contribution is 5.85. The number of hydrogen-bond acceptors (Lipinski definition) is 2. The fraction of sp³-hybridized carbons (Fsp3) is 0.800. The van der Waals surface area contributed by atoms with Crippen molar-refractivity contribution in [1.82, 2.24) is 10.2 Å². The lowest BCUT2D eigenvalue weighted by Gasteiger charge is -2.29. The number of nitrogens with one attached hydrogen (secondary N) is 1. The zero-order valence-electron chi connectivity index (χ0n) is 10.00. The molecule has 0 aliphatic rings. The molecule has 0 bridgehead atoms. The van der Waals surface area contributed by atoms with E-state index in [1.54, 1.807) is 7.05 Å². The lowest BCUT2D eigenvalue weighted by atomic mass is 10.1. The molecule has 0 aliphatic heterocycles. The van der Waals surface area contributed by atoms with Gasteiger partial charge in [-0.1, -0.05) is 6.92 Å². The molecule has 0 heterocycles. The number of carboxylic acids is 1. The van der Waals surface area contributed by atoms with Gasteiger partial charge in [-0.2, -0.15) is 0 Å². The molecule has 15 heavy (non-hydrogen) atoms. The Hall–Kier alpha value is -1.26. The van der Waals surface area contributed by atoms with Gasteiger partial charge in [0.05, 0.1) is 0 Å². The number of rotatable bonds is 4. The Morgan fingerprint density at radius 2 is 1.93 bits per heavy atom. The minimum absolute atomic E-state index is 0.0922. The number of carboxylic acid groups (broad SMARTS) is 1. The monoisotopic (exact) mass is 216 g/mol. The molecule has 0 aliphatic carbocycles. The van der Waals surface area contributed by atoms with Crippen LogP contribution in [-0.2, 0) is 4.79 Å². The van der Waals surface area contributed by atoms with Gasteiger partial charge in [-0.05, 0) is 27.2 Å². The largest absolute Gasteiger partial charge is 0.480 e. The van der Waals surface area contributed by atoms with Gasteiger partial charge >= 0.3 is 12.0 Å². The highest BCUT2D eigenvalue weighted by Gasteiger charge is 2.30. The van der Waals surface area contributed by atoms with Crippen LogP contribution < -0.4 is 5.32 Å². The van der Waals surface area contributed by atoms with Crippen LogP contribution in [0.4, 0.5) is 4.79 Å². The summed E-state index contributed by atoms with van der Waals surface area (Å²) in [6, 6.07) is -0.272. The molecular weight excluding hydrogens is 196 g/mol. The fourth-order valence-corrected chi connectivity index (χ4v) is 0.883. The summed E-state index contributed by atoms with van der Waals surface area (Å²) in [6.45, 7) is 6.79. The Bertz CT molecular complexity index is 251. The van der Waals surface area contributed by atoms with E-state index in [1.165, 1.54) is 18.7 Å². The van der Waals surface area contributed by atoms with Gasteiger partial charge in [0.2, 0.25) is 0 Å². The van der Waals surface area contributed by atoms with Crippen molar-refractivity contribution in [3.05, 3.63) is 0 Å². The zero-order chi connectivity index (χ0) is 12.2. The molecule has 0 aromatic carbocycles. The Kier molecular flexibility index (Phi) is 4.58. The minimum Gasteiger partial charge on any atom is -0.480 e. The second-order valence-electron chi connectivity index (χ2n) is 4.23. The lowest BCUT2D eigenvalue weighted by molar-refractivity contribution is -0.143. The van der Waals surface area contributed by atoms with Crippen molar-refractivity contribution in [2.24, 2.45) is 0 Å². The first-order valence-corrected chi connectivity index (χ1v) is 5.00. The third-order valence-electron chi connectivity index (χ3n) is 2.53. The lowest BCUT2D eigenvalue weighted by Crippen LogP contribution is -2.54. The summed E-state index contributed by atoms with van der Waals surface area (Å²) < 4.78 is 0. The third-order valence-corrected chi connectivity index (χ3v) is 2.53. The van der Waals surface area contributed by atoms with E-state index in [1.807, 2.05) is 13.8 Å². The van der Waals surface area contributed by atoms with Gasteiger partial charge < -0.3 is 15.3 Å². The van der Waals surface area contributed by atoms with Crippen molar-refractivity contribution >= 4 is 12.0 Å². The second kappa shape index (κ2) is 5.00. The fourth-order valence-electron chi connectivity index (χ4n) is 0.883. The summed E-state index contributed by atoms with van der Waals surface area (Å²) in [6.07, 6.45) is 0.831. The SMILES string of the molecule is CCC(C)N(C)C(=O)NC(C)(C)C(=O)O. The molecule has 5 nitrogen and oxygen atoms in total. The van der Waals surface area contributed by atoms with E-state index in [0.717, 1.165) is 6.42 Å². The molecular formula is C10H20N2O3. The van der Waals surface area contributed by atoms with Crippen LogP contribution in [0.1, 0.15) is 34.1 Å². The summed E-state index contributed by atoms with van der Waals surface area (Å²) in [7, 11) is 1.65. The standard InChI is InChI=1S/C10H20N2O3/c1-6-7(2)12(5)9(15)11-10(3,4)8(13)14/h7H,6H2,1-5H3,(H,11,15)(H,13,14). The van der Waals surface area contributed by atoms with Crippen LogP contribution in [-0.4, -0.2) is 40.6 Å². The van der Waals surface area contributed by atoms with E-state index in [4.69, 9.17) is 5.11 Å². The Labute approximate surface area is 90.5 Å². The minimum atomic E-state index is -1.24. The van der Waals surface area contributed by atoms with Crippen LogP contribution in [0.2, 0.25) is 0 Å². The van der Waals surface area contributed by atoms with Gasteiger partial charge in [-0.15, -0.1) is 0 Å². The molecule has 2 N–H and O–H groups in total. The predicted octanol–water partition coefficient (Wildman–Crippen LogP) is 1.29. The van der Waals surface area contributed by atoms with Crippen LogP contribution in [0.25, 0.3) is 0 Å². The molecule has 88 valence electrons. The molecule has 5 heteroatoms. The third kappa shape index (κ3) is 3.77. The number of nitrogens with zero attached hydrogens (tertiary/aromatic N) is 1. The molecule has 0 spiro atoms. The van der Waals surface area contributed by atoms with Crippen molar-refractivity contribution in [2.45, 2.75) is 45.7 Å². The molecule has 1 unspecified atom stereocenters. The summed E-state index contributed by atoms with van der Waals surface area (Å²) >= 11 is 0. The molecule has 0 radical (unpaired) electrons. The number of urea groups is 1. The first-order valence-electron chi connectivity index (χ1n) is 5.00.